The minimum absolute atomic E-state index is 0.503. The van der Waals surface area contributed by atoms with Crippen LogP contribution in [0.15, 0.2) is 30.6 Å². The highest BCUT2D eigenvalue weighted by Crippen LogP contribution is 2.26. The smallest absolute Gasteiger partial charge is 0.163 e. The van der Waals surface area contributed by atoms with Crippen LogP contribution in [-0.4, -0.2) is 45.5 Å². The molecule has 2 aromatic heterocycles. The summed E-state index contributed by atoms with van der Waals surface area (Å²) in [5.74, 6) is 2.63. The van der Waals surface area contributed by atoms with E-state index in [4.69, 9.17) is 4.98 Å². The van der Waals surface area contributed by atoms with Crippen molar-refractivity contribution in [2.24, 2.45) is 5.92 Å². The van der Waals surface area contributed by atoms with Crippen molar-refractivity contribution >= 4 is 5.82 Å². The first-order valence-electron chi connectivity index (χ1n) is 10.5. The molecule has 144 valence electrons. The Balaban J connectivity index is 1.33. The molecule has 2 fully saturated rings. The normalized spacial score (nSPS) is 19.9. The van der Waals surface area contributed by atoms with E-state index in [2.05, 4.69) is 20.2 Å². The van der Waals surface area contributed by atoms with Crippen LogP contribution in [0.25, 0.3) is 11.4 Å². The quantitative estimate of drug-likeness (QED) is 0.856. The number of likely N-dealkylation sites (tertiary alicyclic amines) is 1. The molecule has 5 nitrogen and oxygen atoms in total. The Hall–Kier alpha value is -2.01. The van der Waals surface area contributed by atoms with E-state index >= 15 is 0 Å². The summed E-state index contributed by atoms with van der Waals surface area (Å²) in [6.45, 7) is 5.74. The summed E-state index contributed by atoms with van der Waals surface area (Å²) in [5.41, 5.74) is 1.95. The lowest BCUT2D eigenvalue weighted by Crippen LogP contribution is -2.41. The topological polar surface area (TPSA) is 53.9 Å². The van der Waals surface area contributed by atoms with Crippen molar-refractivity contribution in [3.63, 3.8) is 0 Å². The fourth-order valence-corrected chi connectivity index (χ4v) is 4.47. The van der Waals surface area contributed by atoms with Gasteiger partial charge in [-0.2, -0.15) is 0 Å². The standard InChI is InChI=1S/C22H31N5/c1-17-14-21(26-22(24-17)19-8-5-11-23-15-19)25-20-9-12-27(13-10-20)16-18-6-3-2-4-7-18/h5,8,11,14-15,18,20H,2-4,6-7,9-10,12-13,16H2,1H3,(H,24,25,26). The van der Waals surface area contributed by atoms with E-state index in [0.717, 1.165) is 28.8 Å². The van der Waals surface area contributed by atoms with E-state index in [0.29, 0.717) is 6.04 Å². The van der Waals surface area contributed by atoms with Gasteiger partial charge < -0.3 is 10.2 Å². The highest BCUT2D eigenvalue weighted by Gasteiger charge is 2.23. The van der Waals surface area contributed by atoms with Gasteiger partial charge in [-0.3, -0.25) is 4.98 Å². The fourth-order valence-electron chi connectivity index (χ4n) is 4.47. The molecular weight excluding hydrogens is 334 g/mol. The molecule has 4 rings (SSSR count). The molecule has 1 N–H and O–H groups in total. The largest absolute Gasteiger partial charge is 0.367 e. The maximum Gasteiger partial charge on any atom is 0.163 e. The van der Waals surface area contributed by atoms with Gasteiger partial charge >= 0.3 is 0 Å². The zero-order chi connectivity index (χ0) is 18.5. The molecule has 1 aliphatic carbocycles. The maximum atomic E-state index is 4.73. The Labute approximate surface area is 162 Å². The van der Waals surface area contributed by atoms with Gasteiger partial charge in [0.25, 0.3) is 0 Å². The van der Waals surface area contributed by atoms with Gasteiger partial charge in [-0.25, -0.2) is 9.97 Å². The van der Waals surface area contributed by atoms with Crippen LogP contribution in [-0.2, 0) is 0 Å². The molecular formula is C22H31N5. The van der Waals surface area contributed by atoms with Crippen molar-refractivity contribution in [3.8, 4) is 11.4 Å². The van der Waals surface area contributed by atoms with Gasteiger partial charge in [-0.1, -0.05) is 19.3 Å². The number of aromatic nitrogens is 3. The molecule has 5 heteroatoms. The molecule has 2 aromatic rings. The first-order valence-corrected chi connectivity index (χ1v) is 10.5. The van der Waals surface area contributed by atoms with Crippen LogP contribution < -0.4 is 5.32 Å². The number of hydrogen-bond donors (Lipinski definition) is 1. The zero-order valence-electron chi connectivity index (χ0n) is 16.4. The van der Waals surface area contributed by atoms with Gasteiger partial charge in [-0.15, -0.1) is 0 Å². The summed E-state index contributed by atoms with van der Waals surface area (Å²) in [6.07, 6.45) is 13.2. The number of rotatable bonds is 5. The number of anilines is 1. The van der Waals surface area contributed by atoms with E-state index in [1.54, 1.807) is 6.20 Å². The number of hydrogen-bond acceptors (Lipinski definition) is 5. The predicted molar refractivity (Wildman–Crippen MR) is 110 cm³/mol. The molecule has 27 heavy (non-hydrogen) atoms. The zero-order valence-corrected chi connectivity index (χ0v) is 16.4. The monoisotopic (exact) mass is 365 g/mol. The van der Waals surface area contributed by atoms with Crippen molar-refractivity contribution in [1.29, 1.82) is 0 Å². The summed E-state index contributed by atoms with van der Waals surface area (Å²) >= 11 is 0. The predicted octanol–water partition coefficient (Wildman–Crippen LogP) is 4.30. The van der Waals surface area contributed by atoms with Crippen molar-refractivity contribution < 1.29 is 0 Å². The lowest BCUT2D eigenvalue weighted by Gasteiger charge is -2.35. The lowest BCUT2D eigenvalue weighted by molar-refractivity contribution is 0.168. The summed E-state index contributed by atoms with van der Waals surface area (Å²) < 4.78 is 0. The second kappa shape index (κ2) is 8.79. The Morgan fingerprint density at radius 2 is 1.89 bits per heavy atom. The third-order valence-corrected chi connectivity index (χ3v) is 5.95. The van der Waals surface area contributed by atoms with Crippen molar-refractivity contribution in [1.82, 2.24) is 19.9 Å². The van der Waals surface area contributed by atoms with E-state index < -0.39 is 0 Å². The van der Waals surface area contributed by atoms with E-state index in [9.17, 15) is 0 Å². The average Bonchev–Trinajstić information content (AvgIpc) is 2.71. The average molecular weight is 366 g/mol. The SMILES string of the molecule is Cc1cc(NC2CCN(CC3CCCCC3)CC2)nc(-c2cccnc2)n1. The Kier molecular flexibility index (Phi) is 5.97. The molecule has 1 saturated carbocycles. The van der Waals surface area contributed by atoms with E-state index in [1.807, 2.05) is 31.3 Å². The molecule has 3 heterocycles. The molecule has 0 amide bonds. The van der Waals surface area contributed by atoms with Crippen molar-refractivity contribution in [3.05, 3.63) is 36.3 Å². The van der Waals surface area contributed by atoms with Crippen molar-refractivity contribution in [2.75, 3.05) is 25.0 Å². The first-order chi connectivity index (χ1) is 13.3. The minimum Gasteiger partial charge on any atom is -0.367 e. The highest BCUT2D eigenvalue weighted by atomic mass is 15.2. The molecule has 0 spiro atoms. The van der Waals surface area contributed by atoms with Crippen LogP contribution >= 0.6 is 0 Å². The van der Waals surface area contributed by atoms with Gasteiger partial charge in [0.1, 0.15) is 5.82 Å². The summed E-state index contributed by atoms with van der Waals surface area (Å²) in [5, 5.41) is 3.66. The van der Waals surface area contributed by atoms with Gasteiger partial charge in [-0.05, 0) is 50.7 Å². The third kappa shape index (κ3) is 5.04. The number of aryl methyl sites for hydroxylation is 1. The van der Waals surface area contributed by atoms with Gasteiger partial charge in [0, 0.05) is 55.4 Å². The van der Waals surface area contributed by atoms with Gasteiger partial charge in [0.05, 0.1) is 0 Å². The summed E-state index contributed by atoms with van der Waals surface area (Å²) in [6, 6.07) is 6.49. The number of piperidine rings is 1. The number of nitrogens with zero attached hydrogens (tertiary/aromatic N) is 4. The molecule has 1 aliphatic heterocycles. The second-order valence-electron chi connectivity index (χ2n) is 8.18. The van der Waals surface area contributed by atoms with Crippen LogP contribution in [0.3, 0.4) is 0 Å². The molecule has 0 aromatic carbocycles. The molecule has 0 atom stereocenters. The summed E-state index contributed by atoms with van der Waals surface area (Å²) in [4.78, 5) is 16.2. The molecule has 0 unspecified atom stereocenters. The minimum atomic E-state index is 0.503. The first kappa shape index (κ1) is 18.4. The number of pyridine rings is 1. The Morgan fingerprint density at radius 3 is 2.63 bits per heavy atom. The third-order valence-electron chi connectivity index (χ3n) is 5.95. The Bertz CT molecular complexity index is 719. The van der Waals surface area contributed by atoms with Crippen LogP contribution in [0.5, 0.6) is 0 Å². The second-order valence-corrected chi connectivity index (χ2v) is 8.18. The van der Waals surface area contributed by atoms with E-state index in [1.165, 1.54) is 64.6 Å². The number of nitrogens with one attached hydrogen (secondary N) is 1. The Morgan fingerprint density at radius 1 is 1.07 bits per heavy atom. The fraction of sp³-hybridized carbons (Fsp3) is 0.591. The van der Waals surface area contributed by atoms with Gasteiger partial charge in [0.2, 0.25) is 0 Å². The van der Waals surface area contributed by atoms with E-state index in [-0.39, 0.29) is 0 Å². The lowest BCUT2D eigenvalue weighted by atomic mass is 9.88. The highest BCUT2D eigenvalue weighted by molar-refractivity contribution is 5.56. The maximum absolute atomic E-state index is 4.73. The summed E-state index contributed by atoms with van der Waals surface area (Å²) in [7, 11) is 0. The van der Waals surface area contributed by atoms with Crippen LogP contribution in [0.1, 0.15) is 50.6 Å². The molecule has 1 saturated heterocycles. The van der Waals surface area contributed by atoms with Gasteiger partial charge in [0.15, 0.2) is 5.82 Å². The molecule has 2 aliphatic rings. The van der Waals surface area contributed by atoms with Crippen LogP contribution in [0, 0.1) is 12.8 Å². The van der Waals surface area contributed by atoms with Crippen molar-refractivity contribution in [2.45, 2.75) is 57.9 Å². The molecule has 0 bridgehead atoms. The van der Waals surface area contributed by atoms with Crippen LogP contribution in [0.4, 0.5) is 5.82 Å². The van der Waals surface area contributed by atoms with Crippen LogP contribution in [0.2, 0.25) is 0 Å². The molecule has 0 radical (unpaired) electrons.